The van der Waals surface area contributed by atoms with Crippen LogP contribution in [0.3, 0.4) is 0 Å². The molecule has 0 fully saturated rings. The summed E-state index contributed by atoms with van der Waals surface area (Å²) < 4.78 is 0. The molecule has 0 saturated heterocycles. The van der Waals surface area contributed by atoms with E-state index >= 15 is 0 Å². The molecular formula is C13H29NO2. The van der Waals surface area contributed by atoms with Crippen LogP contribution in [0.4, 0.5) is 0 Å². The molecule has 0 aliphatic carbocycles. The lowest BCUT2D eigenvalue weighted by molar-refractivity contribution is 0.236. The molecule has 3 heteroatoms. The highest BCUT2D eigenvalue weighted by Gasteiger charge is 2.15. The van der Waals surface area contributed by atoms with Crippen molar-refractivity contribution in [1.82, 2.24) is 5.32 Å². The third-order valence-electron chi connectivity index (χ3n) is 2.88. The summed E-state index contributed by atoms with van der Waals surface area (Å²) in [5, 5.41) is 20.9. The summed E-state index contributed by atoms with van der Waals surface area (Å²) in [6, 6.07) is 0. The first kappa shape index (κ1) is 15.9. The summed E-state index contributed by atoms with van der Waals surface area (Å²) in [6.45, 7) is 7.18. The van der Waals surface area contributed by atoms with Gasteiger partial charge in [-0.1, -0.05) is 26.7 Å². The molecule has 0 bridgehead atoms. The molecule has 0 heterocycles. The van der Waals surface area contributed by atoms with E-state index in [1.165, 1.54) is 12.8 Å². The van der Waals surface area contributed by atoms with E-state index in [4.69, 9.17) is 10.2 Å². The fraction of sp³-hybridized carbons (Fsp3) is 1.00. The molecule has 16 heavy (non-hydrogen) atoms. The summed E-state index contributed by atoms with van der Waals surface area (Å²) in [5.41, 5.74) is 0.286. The monoisotopic (exact) mass is 231 g/mol. The number of rotatable bonds is 11. The van der Waals surface area contributed by atoms with Crippen molar-refractivity contribution in [3.05, 3.63) is 0 Å². The average molecular weight is 231 g/mol. The molecule has 0 unspecified atom stereocenters. The van der Waals surface area contributed by atoms with Crippen molar-refractivity contribution in [3.8, 4) is 0 Å². The minimum Gasteiger partial charge on any atom is -0.396 e. The summed E-state index contributed by atoms with van der Waals surface area (Å²) in [4.78, 5) is 0. The van der Waals surface area contributed by atoms with Crippen LogP contribution >= 0.6 is 0 Å². The van der Waals surface area contributed by atoms with Crippen LogP contribution in [-0.4, -0.2) is 36.5 Å². The molecule has 0 aromatic carbocycles. The smallest absolute Gasteiger partial charge is 0.0431 e. The second kappa shape index (κ2) is 10.1. The molecule has 0 rings (SSSR count). The highest BCUT2D eigenvalue weighted by Crippen LogP contribution is 2.20. The van der Waals surface area contributed by atoms with Gasteiger partial charge in [0.1, 0.15) is 0 Å². The van der Waals surface area contributed by atoms with Gasteiger partial charge in [-0.15, -0.1) is 0 Å². The molecule has 3 N–H and O–H groups in total. The summed E-state index contributed by atoms with van der Waals surface area (Å²) in [7, 11) is 0. The van der Waals surface area contributed by atoms with Crippen LogP contribution in [0.1, 0.15) is 52.4 Å². The van der Waals surface area contributed by atoms with E-state index in [-0.39, 0.29) is 5.41 Å². The van der Waals surface area contributed by atoms with Crippen LogP contribution in [0.25, 0.3) is 0 Å². The topological polar surface area (TPSA) is 52.5 Å². The van der Waals surface area contributed by atoms with Crippen LogP contribution < -0.4 is 5.32 Å². The molecule has 0 amide bonds. The second-order valence-corrected chi connectivity index (χ2v) is 5.31. The zero-order valence-electron chi connectivity index (χ0n) is 11.0. The standard InChI is InChI=1S/C13H29NO2/c1-13(2,8-7-11-16)12-14-9-5-3-4-6-10-15/h14-16H,3-12H2,1-2H3. The quantitative estimate of drug-likeness (QED) is 0.476. The van der Waals surface area contributed by atoms with Gasteiger partial charge in [-0.05, 0) is 37.6 Å². The van der Waals surface area contributed by atoms with Gasteiger partial charge in [-0.3, -0.25) is 0 Å². The van der Waals surface area contributed by atoms with E-state index in [1.807, 2.05) is 0 Å². The summed E-state index contributed by atoms with van der Waals surface area (Å²) >= 11 is 0. The molecule has 0 aliphatic heterocycles. The van der Waals surface area contributed by atoms with Crippen molar-refractivity contribution >= 4 is 0 Å². The minimum atomic E-state index is 0.286. The van der Waals surface area contributed by atoms with Crippen molar-refractivity contribution in [2.24, 2.45) is 5.41 Å². The van der Waals surface area contributed by atoms with E-state index in [0.29, 0.717) is 13.2 Å². The van der Waals surface area contributed by atoms with Gasteiger partial charge >= 0.3 is 0 Å². The molecular weight excluding hydrogens is 202 g/mol. The molecule has 3 nitrogen and oxygen atoms in total. The van der Waals surface area contributed by atoms with E-state index < -0.39 is 0 Å². The average Bonchev–Trinajstić information content (AvgIpc) is 2.25. The van der Waals surface area contributed by atoms with Gasteiger partial charge in [0, 0.05) is 19.8 Å². The minimum absolute atomic E-state index is 0.286. The summed E-state index contributed by atoms with van der Waals surface area (Å²) in [5.74, 6) is 0. The zero-order chi connectivity index (χ0) is 12.3. The van der Waals surface area contributed by atoms with Crippen LogP contribution in [-0.2, 0) is 0 Å². The van der Waals surface area contributed by atoms with Crippen molar-refractivity contribution in [1.29, 1.82) is 0 Å². The largest absolute Gasteiger partial charge is 0.396 e. The van der Waals surface area contributed by atoms with E-state index in [1.54, 1.807) is 0 Å². The predicted octanol–water partition coefficient (Wildman–Crippen LogP) is 1.93. The Bertz CT molecular complexity index is 149. The van der Waals surface area contributed by atoms with E-state index in [9.17, 15) is 0 Å². The van der Waals surface area contributed by atoms with Crippen LogP contribution in [0.2, 0.25) is 0 Å². The van der Waals surface area contributed by atoms with Gasteiger partial charge in [0.2, 0.25) is 0 Å². The molecule has 0 aliphatic rings. The fourth-order valence-electron chi connectivity index (χ4n) is 1.79. The van der Waals surface area contributed by atoms with Gasteiger partial charge < -0.3 is 15.5 Å². The number of hydrogen-bond acceptors (Lipinski definition) is 3. The van der Waals surface area contributed by atoms with Crippen molar-refractivity contribution in [3.63, 3.8) is 0 Å². The summed E-state index contributed by atoms with van der Waals surface area (Å²) in [6.07, 6.45) is 6.42. The third-order valence-corrected chi connectivity index (χ3v) is 2.88. The lowest BCUT2D eigenvalue weighted by Crippen LogP contribution is -2.30. The van der Waals surface area contributed by atoms with Crippen LogP contribution in [0.5, 0.6) is 0 Å². The first-order valence-electron chi connectivity index (χ1n) is 6.55. The highest BCUT2D eigenvalue weighted by molar-refractivity contribution is 4.71. The van der Waals surface area contributed by atoms with Gasteiger partial charge in [0.05, 0.1) is 0 Å². The van der Waals surface area contributed by atoms with Crippen molar-refractivity contribution < 1.29 is 10.2 Å². The maximum atomic E-state index is 8.78. The zero-order valence-corrected chi connectivity index (χ0v) is 11.0. The van der Waals surface area contributed by atoms with Gasteiger partial charge in [0.15, 0.2) is 0 Å². The van der Waals surface area contributed by atoms with E-state index in [2.05, 4.69) is 19.2 Å². The Balaban J connectivity index is 3.29. The lowest BCUT2D eigenvalue weighted by atomic mass is 9.88. The number of hydrogen-bond donors (Lipinski definition) is 3. The first-order valence-corrected chi connectivity index (χ1v) is 6.55. The Morgan fingerprint density at radius 1 is 0.875 bits per heavy atom. The van der Waals surface area contributed by atoms with Crippen molar-refractivity contribution in [2.75, 3.05) is 26.3 Å². The number of aliphatic hydroxyl groups is 2. The van der Waals surface area contributed by atoms with E-state index in [0.717, 1.165) is 38.8 Å². The Morgan fingerprint density at radius 2 is 1.50 bits per heavy atom. The predicted molar refractivity (Wildman–Crippen MR) is 68.5 cm³/mol. The maximum absolute atomic E-state index is 8.78. The number of unbranched alkanes of at least 4 members (excludes halogenated alkanes) is 3. The van der Waals surface area contributed by atoms with Gasteiger partial charge in [0.25, 0.3) is 0 Å². The second-order valence-electron chi connectivity index (χ2n) is 5.31. The molecule has 0 spiro atoms. The SMILES string of the molecule is CC(C)(CCCO)CNCCCCCCO. The normalized spacial score (nSPS) is 12.0. The Hall–Kier alpha value is -0.120. The number of aliphatic hydroxyl groups excluding tert-OH is 2. The third kappa shape index (κ3) is 10.4. The van der Waals surface area contributed by atoms with Crippen LogP contribution in [0.15, 0.2) is 0 Å². The molecule has 0 saturated carbocycles. The molecule has 0 aromatic rings. The van der Waals surface area contributed by atoms with Gasteiger partial charge in [-0.25, -0.2) is 0 Å². The highest BCUT2D eigenvalue weighted by atomic mass is 16.3. The maximum Gasteiger partial charge on any atom is 0.0431 e. The molecule has 98 valence electrons. The van der Waals surface area contributed by atoms with Crippen molar-refractivity contribution in [2.45, 2.75) is 52.4 Å². The van der Waals surface area contributed by atoms with Gasteiger partial charge in [-0.2, -0.15) is 0 Å². The molecule has 0 radical (unpaired) electrons. The Kier molecular flexibility index (Phi) is 9.99. The molecule has 0 atom stereocenters. The Morgan fingerprint density at radius 3 is 2.12 bits per heavy atom. The molecule has 0 aromatic heterocycles. The number of nitrogens with one attached hydrogen (secondary N) is 1. The van der Waals surface area contributed by atoms with Crippen LogP contribution in [0, 0.1) is 5.41 Å². The first-order chi connectivity index (χ1) is 7.62. The Labute approximate surface area is 100 Å². The lowest BCUT2D eigenvalue weighted by Gasteiger charge is -2.24. The fourth-order valence-corrected chi connectivity index (χ4v) is 1.79.